The number of carbonyl (C=O) groups excluding carboxylic acids is 1. The lowest BCUT2D eigenvalue weighted by molar-refractivity contribution is 0.0940. The van der Waals surface area contributed by atoms with E-state index in [1.165, 1.54) is 7.05 Å². The number of aromatic nitrogens is 4. The van der Waals surface area contributed by atoms with Gasteiger partial charge in [0.15, 0.2) is 0 Å². The van der Waals surface area contributed by atoms with Crippen LogP contribution in [0.3, 0.4) is 0 Å². The first-order valence-electron chi connectivity index (χ1n) is 4.97. The van der Waals surface area contributed by atoms with Gasteiger partial charge in [-0.05, 0) is 11.6 Å². The number of aromatic amines is 1. The zero-order valence-corrected chi connectivity index (χ0v) is 9.17. The number of carbonyl (C=O) groups is 1. The summed E-state index contributed by atoms with van der Waals surface area (Å²) in [5.74, 6) is -0.423. The molecular weight excluding hydrogens is 222 g/mol. The largest absolute Gasteiger partial charge is 0.345 e. The Labute approximate surface area is 96.5 Å². The number of pyridine rings is 1. The number of hydrogen-bond donors (Lipinski definition) is 2. The molecule has 0 aliphatic rings. The smallest absolute Gasteiger partial charge is 0.343 e. The van der Waals surface area contributed by atoms with Crippen LogP contribution in [-0.2, 0) is 13.6 Å². The summed E-state index contributed by atoms with van der Waals surface area (Å²) in [5.41, 5.74) is 0.454. The topological polar surface area (TPSA) is 92.7 Å². The van der Waals surface area contributed by atoms with Crippen molar-refractivity contribution in [1.29, 1.82) is 0 Å². The monoisotopic (exact) mass is 233 g/mol. The standard InChI is InChI=1S/C10H11N5O2/c1-15-10(17)13-8(14-15)9(16)12-6-7-3-2-4-11-5-7/h2-5H,6H2,1H3,(H,12,16)(H,13,14,17). The number of aryl methyl sites for hydroxylation is 1. The third-order valence-corrected chi connectivity index (χ3v) is 2.16. The molecule has 0 saturated carbocycles. The van der Waals surface area contributed by atoms with Gasteiger partial charge in [0.2, 0.25) is 5.82 Å². The van der Waals surface area contributed by atoms with Crippen LogP contribution in [0.2, 0.25) is 0 Å². The molecule has 0 aromatic carbocycles. The Hall–Kier alpha value is -2.44. The minimum absolute atomic E-state index is 0.00129. The first kappa shape index (κ1) is 11.1. The van der Waals surface area contributed by atoms with Gasteiger partial charge in [0.1, 0.15) is 0 Å². The van der Waals surface area contributed by atoms with Crippen LogP contribution in [0.15, 0.2) is 29.3 Å². The van der Waals surface area contributed by atoms with Gasteiger partial charge in [-0.1, -0.05) is 6.07 Å². The molecule has 2 aromatic rings. The summed E-state index contributed by atoms with van der Waals surface area (Å²) in [7, 11) is 1.47. The van der Waals surface area contributed by atoms with Crippen LogP contribution in [0.25, 0.3) is 0 Å². The van der Waals surface area contributed by atoms with Crippen LogP contribution in [0.5, 0.6) is 0 Å². The molecule has 88 valence electrons. The number of H-pyrrole nitrogens is 1. The van der Waals surface area contributed by atoms with E-state index in [4.69, 9.17) is 0 Å². The molecule has 7 nitrogen and oxygen atoms in total. The van der Waals surface area contributed by atoms with Gasteiger partial charge in [-0.3, -0.25) is 14.8 Å². The zero-order chi connectivity index (χ0) is 12.3. The molecule has 2 aromatic heterocycles. The lowest BCUT2D eigenvalue weighted by Gasteiger charge is -2.01. The molecule has 2 heterocycles. The maximum atomic E-state index is 11.6. The Kier molecular flexibility index (Phi) is 2.99. The quantitative estimate of drug-likeness (QED) is 0.742. The molecule has 17 heavy (non-hydrogen) atoms. The first-order valence-corrected chi connectivity index (χ1v) is 4.97. The highest BCUT2D eigenvalue weighted by molar-refractivity contribution is 5.90. The summed E-state index contributed by atoms with van der Waals surface area (Å²) in [6.07, 6.45) is 3.31. The van der Waals surface area contributed by atoms with Crippen molar-refractivity contribution in [2.24, 2.45) is 7.05 Å². The molecule has 0 saturated heterocycles. The normalized spacial score (nSPS) is 10.2. The summed E-state index contributed by atoms with van der Waals surface area (Å²) in [6.45, 7) is 0.339. The average Bonchev–Trinajstić information content (AvgIpc) is 2.68. The zero-order valence-electron chi connectivity index (χ0n) is 9.17. The van der Waals surface area contributed by atoms with Crippen LogP contribution in [0.4, 0.5) is 0 Å². The molecule has 0 fully saturated rings. The number of amides is 1. The van der Waals surface area contributed by atoms with Crippen LogP contribution >= 0.6 is 0 Å². The Morgan fingerprint density at radius 3 is 3.00 bits per heavy atom. The van der Waals surface area contributed by atoms with E-state index in [9.17, 15) is 9.59 Å². The molecule has 2 N–H and O–H groups in total. The maximum absolute atomic E-state index is 11.6. The molecule has 7 heteroatoms. The van der Waals surface area contributed by atoms with Crippen molar-refractivity contribution in [2.45, 2.75) is 6.54 Å². The fraction of sp³-hybridized carbons (Fsp3) is 0.200. The SMILES string of the molecule is Cn1nc(C(=O)NCc2cccnc2)[nH]c1=O. The van der Waals surface area contributed by atoms with Crippen molar-refractivity contribution in [3.8, 4) is 0 Å². The second-order valence-electron chi connectivity index (χ2n) is 3.45. The van der Waals surface area contributed by atoms with Crippen LogP contribution in [0.1, 0.15) is 16.2 Å². The van der Waals surface area contributed by atoms with Crippen molar-refractivity contribution in [1.82, 2.24) is 25.1 Å². The number of nitrogens with one attached hydrogen (secondary N) is 2. The molecule has 1 amide bonds. The Morgan fingerprint density at radius 2 is 2.41 bits per heavy atom. The highest BCUT2D eigenvalue weighted by Crippen LogP contribution is 1.95. The molecule has 0 radical (unpaired) electrons. The highest BCUT2D eigenvalue weighted by Gasteiger charge is 2.10. The van der Waals surface area contributed by atoms with E-state index in [-0.39, 0.29) is 5.82 Å². The second kappa shape index (κ2) is 4.60. The van der Waals surface area contributed by atoms with Gasteiger partial charge >= 0.3 is 5.69 Å². The predicted molar refractivity (Wildman–Crippen MR) is 59.2 cm³/mol. The Morgan fingerprint density at radius 1 is 1.59 bits per heavy atom. The van der Waals surface area contributed by atoms with E-state index in [1.807, 2.05) is 6.07 Å². The molecule has 0 aliphatic heterocycles. The minimum atomic E-state index is -0.424. The van der Waals surface area contributed by atoms with Gasteiger partial charge in [-0.15, -0.1) is 5.10 Å². The average molecular weight is 233 g/mol. The molecule has 0 bridgehead atoms. The summed E-state index contributed by atoms with van der Waals surface area (Å²) in [6, 6.07) is 3.62. The number of hydrogen-bond acceptors (Lipinski definition) is 4. The fourth-order valence-electron chi connectivity index (χ4n) is 1.27. The molecule has 0 atom stereocenters. The lowest BCUT2D eigenvalue weighted by atomic mass is 10.3. The number of nitrogens with zero attached hydrogens (tertiary/aromatic N) is 3. The van der Waals surface area contributed by atoms with E-state index >= 15 is 0 Å². The minimum Gasteiger partial charge on any atom is -0.345 e. The molecule has 2 rings (SSSR count). The van der Waals surface area contributed by atoms with E-state index in [2.05, 4.69) is 20.4 Å². The fourth-order valence-corrected chi connectivity index (χ4v) is 1.27. The molecular formula is C10H11N5O2. The van der Waals surface area contributed by atoms with E-state index < -0.39 is 11.6 Å². The maximum Gasteiger partial charge on any atom is 0.343 e. The van der Waals surface area contributed by atoms with Crippen molar-refractivity contribution in [2.75, 3.05) is 0 Å². The lowest BCUT2D eigenvalue weighted by Crippen LogP contribution is -2.24. The molecule has 0 spiro atoms. The second-order valence-corrected chi connectivity index (χ2v) is 3.45. The highest BCUT2D eigenvalue weighted by atomic mass is 16.2. The van der Waals surface area contributed by atoms with E-state index in [0.29, 0.717) is 6.54 Å². The van der Waals surface area contributed by atoms with Crippen molar-refractivity contribution in [3.63, 3.8) is 0 Å². The summed E-state index contributed by atoms with van der Waals surface area (Å²) >= 11 is 0. The summed E-state index contributed by atoms with van der Waals surface area (Å²) < 4.78 is 1.07. The van der Waals surface area contributed by atoms with Crippen LogP contribution in [-0.4, -0.2) is 25.7 Å². The van der Waals surface area contributed by atoms with Crippen molar-refractivity contribution >= 4 is 5.91 Å². The Bertz CT molecular complexity index is 572. The van der Waals surface area contributed by atoms with Gasteiger partial charge in [0.25, 0.3) is 5.91 Å². The number of rotatable bonds is 3. The predicted octanol–water partition coefficient (Wildman–Crippen LogP) is -0.567. The first-order chi connectivity index (χ1) is 8.16. The molecule has 0 aliphatic carbocycles. The van der Waals surface area contributed by atoms with Gasteiger partial charge in [-0.25, -0.2) is 9.48 Å². The van der Waals surface area contributed by atoms with Gasteiger partial charge < -0.3 is 5.32 Å². The van der Waals surface area contributed by atoms with Crippen molar-refractivity contribution in [3.05, 3.63) is 46.4 Å². The Balaban J connectivity index is 2.01. The summed E-state index contributed by atoms with van der Waals surface area (Å²) in [5, 5.41) is 6.37. The van der Waals surface area contributed by atoms with Crippen molar-refractivity contribution < 1.29 is 4.79 Å². The van der Waals surface area contributed by atoms with Crippen LogP contribution < -0.4 is 11.0 Å². The third kappa shape index (κ3) is 2.57. The van der Waals surface area contributed by atoms with E-state index in [1.54, 1.807) is 18.5 Å². The summed E-state index contributed by atoms with van der Waals surface area (Å²) in [4.78, 5) is 29.0. The van der Waals surface area contributed by atoms with Gasteiger partial charge in [0.05, 0.1) is 0 Å². The van der Waals surface area contributed by atoms with Gasteiger partial charge in [0, 0.05) is 26.0 Å². The third-order valence-electron chi connectivity index (χ3n) is 2.16. The van der Waals surface area contributed by atoms with E-state index in [0.717, 1.165) is 10.2 Å². The van der Waals surface area contributed by atoms with Crippen LogP contribution in [0, 0.1) is 0 Å². The molecule has 0 unspecified atom stereocenters. The van der Waals surface area contributed by atoms with Gasteiger partial charge in [-0.2, -0.15) is 0 Å².